The van der Waals surface area contributed by atoms with Gasteiger partial charge in [0.05, 0.1) is 5.56 Å². The maximum Gasteiger partial charge on any atom is 0.338 e. The van der Waals surface area contributed by atoms with Gasteiger partial charge in [-0.1, -0.05) is 0 Å². The lowest BCUT2D eigenvalue weighted by Crippen LogP contribution is -2.36. The van der Waals surface area contributed by atoms with Crippen molar-refractivity contribution in [2.24, 2.45) is 5.92 Å². The number of rotatable bonds is 4. The lowest BCUT2D eigenvalue weighted by Gasteiger charge is -2.21. The van der Waals surface area contributed by atoms with Crippen molar-refractivity contribution in [3.05, 3.63) is 17.0 Å². The molecule has 2 rings (SSSR count). The van der Waals surface area contributed by atoms with E-state index < -0.39 is 5.97 Å². The van der Waals surface area contributed by atoms with E-state index in [9.17, 15) is 9.59 Å². The van der Waals surface area contributed by atoms with Gasteiger partial charge in [-0.15, -0.1) is 11.3 Å². The number of likely N-dealkylation sites (tertiary alicyclic amines) is 1. The Balaban J connectivity index is 1.90. The Morgan fingerprint density at radius 1 is 1.60 bits per heavy atom. The molecule has 2 amide bonds. The molecule has 1 unspecified atom stereocenters. The Bertz CT molecular complexity index is 503. The number of hydrogen-bond donors (Lipinski definition) is 2. The van der Waals surface area contributed by atoms with Crippen LogP contribution in [0.5, 0.6) is 0 Å². The summed E-state index contributed by atoms with van der Waals surface area (Å²) in [6.45, 7) is 2.75. The summed E-state index contributed by atoms with van der Waals surface area (Å²) in [6.07, 6.45) is 1.09. The largest absolute Gasteiger partial charge is 0.478 e. The number of carbonyl (C=O) groups is 2. The summed E-state index contributed by atoms with van der Waals surface area (Å²) in [5.74, 6) is -0.542. The second-order valence-corrected chi connectivity index (χ2v) is 6.11. The Labute approximate surface area is 122 Å². The number of thiophene rings is 1. The minimum Gasteiger partial charge on any atom is -0.478 e. The Kier molecular flexibility index (Phi) is 4.61. The lowest BCUT2D eigenvalue weighted by atomic mass is 10.1. The number of nitrogens with one attached hydrogen (secondary N) is 1. The number of carboxylic acids is 1. The second kappa shape index (κ2) is 6.23. The summed E-state index contributed by atoms with van der Waals surface area (Å²) in [6, 6.07) is 1.23. The quantitative estimate of drug-likeness (QED) is 0.890. The molecule has 1 saturated heterocycles. The van der Waals surface area contributed by atoms with E-state index in [0.717, 1.165) is 19.5 Å². The predicted molar refractivity (Wildman–Crippen MR) is 78.5 cm³/mol. The number of carbonyl (C=O) groups excluding carboxylic acids is 1. The fraction of sp³-hybridized carbons (Fsp3) is 0.538. The van der Waals surface area contributed by atoms with Crippen LogP contribution in [-0.4, -0.2) is 60.6 Å². The molecule has 6 nitrogen and oxygen atoms in total. The Hall–Kier alpha value is -1.60. The first-order valence-electron chi connectivity index (χ1n) is 6.49. The maximum atomic E-state index is 12.1. The summed E-state index contributed by atoms with van der Waals surface area (Å²) < 4.78 is 0. The van der Waals surface area contributed by atoms with Gasteiger partial charge in [-0.3, -0.25) is 5.32 Å². The normalized spacial score (nSPS) is 19.0. The molecule has 2 N–H and O–H groups in total. The van der Waals surface area contributed by atoms with Gasteiger partial charge in [0.15, 0.2) is 0 Å². The van der Waals surface area contributed by atoms with Crippen LogP contribution in [0.15, 0.2) is 11.4 Å². The zero-order chi connectivity index (χ0) is 14.7. The number of nitrogens with zero attached hydrogens (tertiary/aromatic N) is 2. The van der Waals surface area contributed by atoms with Crippen molar-refractivity contribution in [2.75, 3.05) is 39.0 Å². The van der Waals surface area contributed by atoms with Crippen molar-refractivity contribution >= 4 is 28.3 Å². The maximum absolute atomic E-state index is 12.1. The Morgan fingerprint density at radius 2 is 2.35 bits per heavy atom. The van der Waals surface area contributed by atoms with Crippen molar-refractivity contribution in [1.29, 1.82) is 0 Å². The van der Waals surface area contributed by atoms with Crippen molar-refractivity contribution in [3.63, 3.8) is 0 Å². The molecule has 0 aromatic carbocycles. The predicted octanol–water partition coefficient (Wildman–Crippen LogP) is 1.86. The third-order valence-corrected chi connectivity index (χ3v) is 4.31. The van der Waals surface area contributed by atoms with Gasteiger partial charge in [0, 0.05) is 20.1 Å². The summed E-state index contributed by atoms with van der Waals surface area (Å²) in [7, 11) is 3.81. The van der Waals surface area contributed by atoms with Gasteiger partial charge >= 0.3 is 12.0 Å². The van der Waals surface area contributed by atoms with Gasteiger partial charge in [0.2, 0.25) is 0 Å². The first-order chi connectivity index (χ1) is 9.47. The van der Waals surface area contributed by atoms with Gasteiger partial charge < -0.3 is 14.9 Å². The molecule has 0 aliphatic carbocycles. The molecule has 1 fully saturated rings. The minimum absolute atomic E-state index is 0.136. The molecule has 110 valence electrons. The van der Waals surface area contributed by atoms with Crippen LogP contribution in [0.1, 0.15) is 16.8 Å². The summed E-state index contributed by atoms with van der Waals surface area (Å²) in [4.78, 5) is 26.9. The van der Waals surface area contributed by atoms with Crippen LogP contribution >= 0.6 is 11.3 Å². The highest BCUT2D eigenvalue weighted by Gasteiger charge is 2.23. The number of hydrogen-bond acceptors (Lipinski definition) is 4. The smallest absolute Gasteiger partial charge is 0.338 e. The molecule has 0 bridgehead atoms. The summed E-state index contributed by atoms with van der Waals surface area (Å²) in [5, 5.41) is 13.7. The average molecular weight is 297 g/mol. The van der Waals surface area contributed by atoms with Crippen molar-refractivity contribution < 1.29 is 14.7 Å². The van der Waals surface area contributed by atoms with E-state index in [2.05, 4.69) is 17.3 Å². The van der Waals surface area contributed by atoms with E-state index >= 15 is 0 Å². The van der Waals surface area contributed by atoms with Crippen molar-refractivity contribution in [2.45, 2.75) is 6.42 Å². The third-order valence-electron chi connectivity index (χ3n) is 3.48. The summed E-state index contributed by atoms with van der Waals surface area (Å²) in [5.41, 5.74) is 0.136. The van der Waals surface area contributed by atoms with E-state index in [4.69, 9.17) is 5.11 Å². The molecule has 1 aliphatic heterocycles. The highest BCUT2D eigenvalue weighted by atomic mass is 32.1. The minimum atomic E-state index is -1.03. The number of aromatic carboxylic acids is 1. The van der Waals surface area contributed by atoms with Crippen LogP contribution in [0.2, 0.25) is 0 Å². The molecule has 2 heterocycles. The molecule has 0 radical (unpaired) electrons. The molecule has 1 aromatic heterocycles. The van der Waals surface area contributed by atoms with E-state index in [1.54, 1.807) is 17.3 Å². The number of amides is 2. The SMILES string of the molecule is CN1CCC(CN(C)C(=O)Nc2sccc2C(=O)O)C1. The molecule has 20 heavy (non-hydrogen) atoms. The molecular weight excluding hydrogens is 278 g/mol. The van der Waals surface area contributed by atoms with E-state index in [-0.39, 0.29) is 11.6 Å². The van der Waals surface area contributed by atoms with Gasteiger partial charge in [-0.25, -0.2) is 9.59 Å². The zero-order valence-corrected chi connectivity index (χ0v) is 12.4. The first kappa shape index (κ1) is 14.8. The first-order valence-corrected chi connectivity index (χ1v) is 7.36. The van der Waals surface area contributed by atoms with E-state index in [1.807, 2.05) is 0 Å². The van der Waals surface area contributed by atoms with E-state index in [1.165, 1.54) is 17.4 Å². The van der Waals surface area contributed by atoms with Crippen molar-refractivity contribution in [1.82, 2.24) is 9.80 Å². The standard InChI is InChI=1S/C13H19N3O3S/c1-15-5-3-9(7-15)8-16(2)13(19)14-11-10(12(17)18)4-6-20-11/h4,6,9H,3,5,7-8H2,1-2H3,(H,14,19)(H,17,18). The number of anilines is 1. The van der Waals surface area contributed by atoms with Crippen LogP contribution in [0.25, 0.3) is 0 Å². The van der Waals surface area contributed by atoms with Crippen LogP contribution in [0.3, 0.4) is 0 Å². The molecule has 1 aromatic rings. The van der Waals surface area contributed by atoms with Crippen molar-refractivity contribution in [3.8, 4) is 0 Å². The molecule has 1 aliphatic rings. The molecular formula is C13H19N3O3S. The van der Waals surface area contributed by atoms with Gasteiger partial charge in [0.1, 0.15) is 5.00 Å². The average Bonchev–Trinajstić information content (AvgIpc) is 2.98. The molecule has 0 spiro atoms. The fourth-order valence-corrected chi connectivity index (χ4v) is 3.18. The molecule has 7 heteroatoms. The lowest BCUT2D eigenvalue weighted by molar-refractivity contribution is 0.0698. The van der Waals surface area contributed by atoms with E-state index in [0.29, 0.717) is 17.5 Å². The van der Waals surface area contributed by atoms with Crippen LogP contribution in [0, 0.1) is 5.92 Å². The number of carboxylic acid groups (broad SMARTS) is 1. The topological polar surface area (TPSA) is 72.9 Å². The molecule has 0 saturated carbocycles. The third kappa shape index (κ3) is 3.49. The van der Waals surface area contributed by atoms with Crippen LogP contribution < -0.4 is 5.32 Å². The molecule has 1 atom stereocenters. The second-order valence-electron chi connectivity index (χ2n) is 5.20. The highest BCUT2D eigenvalue weighted by Crippen LogP contribution is 2.23. The van der Waals surface area contributed by atoms with Gasteiger partial charge in [-0.05, 0) is 37.4 Å². The van der Waals surface area contributed by atoms with Gasteiger partial charge in [0.25, 0.3) is 0 Å². The number of urea groups is 1. The van der Waals surface area contributed by atoms with Crippen LogP contribution in [-0.2, 0) is 0 Å². The highest BCUT2D eigenvalue weighted by molar-refractivity contribution is 7.14. The van der Waals surface area contributed by atoms with Crippen LogP contribution in [0.4, 0.5) is 9.80 Å². The monoisotopic (exact) mass is 297 g/mol. The fourth-order valence-electron chi connectivity index (χ4n) is 2.41. The Morgan fingerprint density at radius 3 is 2.95 bits per heavy atom. The van der Waals surface area contributed by atoms with Gasteiger partial charge in [-0.2, -0.15) is 0 Å². The zero-order valence-electron chi connectivity index (χ0n) is 11.6. The summed E-state index contributed by atoms with van der Waals surface area (Å²) >= 11 is 1.22.